The quantitative estimate of drug-likeness (QED) is 0.0455. The van der Waals surface area contributed by atoms with Crippen LogP contribution in [0.4, 0.5) is 0 Å². The zero-order chi connectivity index (χ0) is 39.6. The predicted molar refractivity (Wildman–Crippen MR) is 231 cm³/mol. The molecule has 6 heteroatoms. The van der Waals surface area contributed by atoms with Gasteiger partial charge in [0.1, 0.15) is 0 Å². The van der Waals surface area contributed by atoms with Gasteiger partial charge in [0.15, 0.2) is 0 Å². The standard InChI is InChI=1S/C48H92N2O4/c1-5-9-13-17-19-27-37-45(35-25-15-11-7-3)47(51)53-43-33-23-21-30-40-50(42-32-29-39-49)41-31-22-24-34-44-54-48(52)46(36-26-16-12-8-4)38-28-20-18-14-10-6-2/h45-46H,5-38,40-44H2,1-4H3/t45-,46?/m0/s1. The van der Waals surface area contributed by atoms with Crippen molar-refractivity contribution in [3.63, 3.8) is 0 Å². The molecular weight excluding hydrogens is 669 g/mol. The number of unbranched alkanes of at least 4 members (excludes halogenated alkanes) is 23. The number of nitriles is 1. The van der Waals surface area contributed by atoms with Crippen LogP contribution in [0.25, 0.3) is 0 Å². The van der Waals surface area contributed by atoms with Crippen LogP contribution in [0.2, 0.25) is 0 Å². The van der Waals surface area contributed by atoms with Gasteiger partial charge < -0.3 is 14.4 Å². The Morgan fingerprint density at radius 3 is 1.09 bits per heavy atom. The zero-order valence-corrected chi connectivity index (χ0v) is 36.8. The lowest BCUT2D eigenvalue weighted by Crippen LogP contribution is -2.27. The summed E-state index contributed by atoms with van der Waals surface area (Å²) in [6.07, 6.45) is 39.0. The van der Waals surface area contributed by atoms with Crippen LogP contribution >= 0.6 is 0 Å². The van der Waals surface area contributed by atoms with E-state index in [0.717, 1.165) is 129 Å². The molecule has 0 rings (SSSR count). The summed E-state index contributed by atoms with van der Waals surface area (Å²) in [6.45, 7) is 13.2. The summed E-state index contributed by atoms with van der Waals surface area (Å²) >= 11 is 0. The van der Waals surface area contributed by atoms with Crippen molar-refractivity contribution in [2.24, 2.45) is 11.8 Å². The van der Waals surface area contributed by atoms with Gasteiger partial charge in [-0.2, -0.15) is 5.26 Å². The lowest BCUT2D eigenvalue weighted by atomic mass is 9.94. The molecular formula is C48H92N2O4. The maximum Gasteiger partial charge on any atom is 0.308 e. The minimum absolute atomic E-state index is 0.0485. The second kappa shape index (κ2) is 42.5. The highest BCUT2D eigenvalue weighted by Gasteiger charge is 2.20. The summed E-state index contributed by atoms with van der Waals surface area (Å²) in [7, 11) is 0. The molecule has 0 aromatic heterocycles. The molecule has 0 aromatic rings. The van der Waals surface area contributed by atoms with E-state index in [2.05, 4.69) is 38.7 Å². The van der Waals surface area contributed by atoms with Crippen LogP contribution in [-0.2, 0) is 19.1 Å². The number of nitrogens with zero attached hydrogens (tertiary/aromatic N) is 2. The van der Waals surface area contributed by atoms with Gasteiger partial charge in [-0.05, 0) is 77.4 Å². The van der Waals surface area contributed by atoms with Crippen molar-refractivity contribution in [3.8, 4) is 6.07 Å². The first-order valence-corrected chi connectivity index (χ1v) is 24.0. The maximum atomic E-state index is 13.0. The van der Waals surface area contributed by atoms with Gasteiger partial charge >= 0.3 is 11.9 Å². The Bertz CT molecular complexity index is 785. The molecule has 0 amide bonds. The smallest absolute Gasteiger partial charge is 0.308 e. The molecule has 0 aliphatic heterocycles. The molecule has 2 atom stereocenters. The van der Waals surface area contributed by atoms with E-state index < -0.39 is 0 Å². The molecule has 0 spiro atoms. The molecule has 6 nitrogen and oxygen atoms in total. The average Bonchev–Trinajstić information content (AvgIpc) is 3.17. The third kappa shape index (κ3) is 34.8. The summed E-state index contributed by atoms with van der Waals surface area (Å²) < 4.78 is 11.6. The molecule has 0 heterocycles. The lowest BCUT2D eigenvalue weighted by molar-refractivity contribution is -0.150. The molecule has 0 fully saturated rings. The van der Waals surface area contributed by atoms with Gasteiger partial charge in [-0.3, -0.25) is 9.59 Å². The average molecular weight is 761 g/mol. The number of esters is 2. The van der Waals surface area contributed by atoms with E-state index in [9.17, 15) is 9.59 Å². The van der Waals surface area contributed by atoms with Gasteiger partial charge in [0.2, 0.25) is 0 Å². The largest absolute Gasteiger partial charge is 0.465 e. The maximum absolute atomic E-state index is 13.0. The molecule has 0 aromatic carbocycles. The van der Waals surface area contributed by atoms with Gasteiger partial charge in [-0.25, -0.2) is 0 Å². The fraction of sp³-hybridized carbons (Fsp3) is 0.938. The number of ether oxygens (including phenoxy) is 2. The molecule has 0 bridgehead atoms. The van der Waals surface area contributed by atoms with Crippen molar-refractivity contribution in [3.05, 3.63) is 0 Å². The minimum atomic E-state index is 0.0485. The fourth-order valence-electron chi connectivity index (χ4n) is 7.62. The third-order valence-corrected chi connectivity index (χ3v) is 11.3. The molecule has 0 radical (unpaired) electrons. The monoisotopic (exact) mass is 761 g/mol. The van der Waals surface area contributed by atoms with Gasteiger partial charge in [0.25, 0.3) is 0 Å². The Labute approximate surface area is 337 Å². The van der Waals surface area contributed by atoms with Crippen molar-refractivity contribution in [1.82, 2.24) is 4.90 Å². The first-order valence-electron chi connectivity index (χ1n) is 24.0. The zero-order valence-electron chi connectivity index (χ0n) is 36.8. The Morgan fingerprint density at radius 2 is 0.722 bits per heavy atom. The summed E-state index contributed by atoms with van der Waals surface area (Å²) in [4.78, 5) is 28.5. The molecule has 1 unspecified atom stereocenters. The number of carbonyl (C=O) groups excluding carboxylic acids is 2. The normalized spacial score (nSPS) is 12.5. The van der Waals surface area contributed by atoms with Crippen LogP contribution < -0.4 is 0 Å². The van der Waals surface area contributed by atoms with E-state index in [-0.39, 0.29) is 23.8 Å². The van der Waals surface area contributed by atoms with E-state index in [4.69, 9.17) is 14.7 Å². The first-order chi connectivity index (χ1) is 26.5. The highest BCUT2D eigenvalue weighted by molar-refractivity contribution is 5.72. The fourth-order valence-corrected chi connectivity index (χ4v) is 7.62. The summed E-state index contributed by atoms with van der Waals surface area (Å²) in [6, 6.07) is 2.30. The van der Waals surface area contributed by atoms with Crippen LogP contribution in [-0.4, -0.2) is 49.7 Å². The summed E-state index contributed by atoms with van der Waals surface area (Å²) in [5.41, 5.74) is 0. The topological polar surface area (TPSA) is 79.6 Å². The second-order valence-electron chi connectivity index (χ2n) is 16.5. The molecule has 0 saturated carbocycles. The lowest BCUT2D eigenvalue weighted by Gasteiger charge is -2.22. The van der Waals surface area contributed by atoms with E-state index in [0.29, 0.717) is 19.6 Å². The Kier molecular flexibility index (Phi) is 41.3. The molecule has 0 aliphatic rings. The van der Waals surface area contributed by atoms with E-state index in [1.807, 2.05) is 0 Å². The van der Waals surface area contributed by atoms with Gasteiger partial charge in [-0.15, -0.1) is 0 Å². The van der Waals surface area contributed by atoms with Crippen molar-refractivity contribution < 1.29 is 19.1 Å². The minimum Gasteiger partial charge on any atom is -0.465 e. The van der Waals surface area contributed by atoms with Crippen molar-refractivity contribution in [1.29, 1.82) is 5.26 Å². The highest BCUT2D eigenvalue weighted by Crippen LogP contribution is 2.22. The van der Waals surface area contributed by atoms with E-state index in [1.165, 1.54) is 103 Å². The van der Waals surface area contributed by atoms with Gasteiger partial charge in [0.05, 0.1) is 31.1 Å². The number of hydrogen-bond donors (Lipinski definition) is 0. The van der Waals surface area contributed by atoms with Gasteiger partial charge in [0, 0.05) is 6.42 Å². The Morgan fingerprint density at radius 1 is 0.426 bits per heavy atom. The van der Waals surface area contributed by atoms with Crippen LogP contribution in [0.5, 0.6) is 0 Å². The van der Waals surface area contributed by atoms with Gasteiger partial charge in [-0.1, -0.05) is 182 Å². The summed E-state index contributed by atoms with van der Waals surface area (Å²) in [5, 5.41) is 9.07. The third-order valence-electron chi connectivity index (χ3n) is 11.3. The van der Waals surface area contributed by atoms with Crippen molar-refractivity contribution in [2.45, 2.75) is 246 Å². The molecule has 318 valence electrons. The number of carbonyl (C=O) groups is 2. The SMILES string of the molecule is CCCCCCCCC(CCCCCC)C(=O)OCCCCCCN(CCCC#N)CCCCCCOC(=O)[C@@H](CCCCCC)CCCCCCCC. The molecule has 0 aliphatic carbocycles. The van der Waals surface area contributed by atoms with Crippen LogP contribution in [0, 0.1) is 23.2 Å². The van der Waals surface area contributed by atoms with Crippen LogP contribution in [0.3, 0.4) is 0 Å². The van der Waals surface area contributed by atoms with E-state index >= 15 is 0 Å². The second-order valence-corrected chi connectivity index (χ2v) is 16.5. The highest BCUT2D eigenvalue weighted by atomic mass is 16.5. The Hall–Kier alpha value is -1.61. The molecule has 0 saturated heterocycles. The number of rotatable bonds is 43. The van der Waals surface area contributed by atoms with Crippen molar-refractivity contribution >= 4 is 11.9 Å². The molecule has 0 N–H and O–H groups in total. The Balaban J connectivity index is 4.36. The first kappa shape index (κ1) is 52.4. The predicted octanol–water partition coefficient (Wildman–Crippen LogP) is 14.5. The van der Waals surface area contributed by atoms with Crippen LogP contribution in [0.15, 0.2) is 0 Å². The number of hydrogen-bond acceptors (Lipinski definition) is 6. The van der Waals surface area contributed by atoms with Crippen molar-refractivity contribution in [2.75, 3.05) is 32.8 Å². The molecule has 54 heavy (non-hydrogen) atoms. The van der Waals surface area contributed by atoms with E-state index in [1.54, 1.807) is 0 Å². The van der Waals surface area contributed by atoms with Crippen LogP contribution in [0.1, 0.15) is 246 Å². The summed E-state index contributed by atoms with van der Waals surface area (Å²) in [5.74, 6) is 0.268.